The minimum absolute atomic E-state index is 0. The molecule has 0 radical (unpaired) electrons. The fraction of sp³-hybridized carbons (Fsp3) is 0.700. The Hall–Kier alpha value is -1.17. The Morgan fingerprint density at radius 2 is 2.00 bits per heavy atom. The average molecular weight is 186 g/mol. The van der Waals surface area contributed by atoms with E-state index in [1.807, 2.05) is 27.7 Å². The van der Waals surface area contributed by atoms with Crippen molar-refractivity contribution in [2.45, 2.75) is 33.7 Å². The second-order valence-corrected chi connectivity index (χ2v) is 3.46. The molecule has 0 fully saturated rings. The summed E-state index contributed by atoms with van der Waals surface area (Å²) in [4.78, 5) is 11.0. The molecule has 0 spiro atoms. The van der Waals surface area contributed by atoms with Gasteiger partial charge in [0.1, 0.15) is 0 Å². The zero-order valence-corrected chi connectivity index (χ0v) is 8.77. The van der Waals surface area contributed by atoms with E-state index in [-0.39, 0.29) is 14.9 Å². The summed E-state index contributed by atoms with van der Waals surface area (Å²) in [7, 11) is 0. The van der Waals surface area contributed by atoms with Gasteiger partial charge in [0.25, 0.3) is 0 Å². The van der Waals surface area contributed by atoms with Gasteiger partial charge < -0.3 is 10.6 Å². The molecule has 2 amide bonds. The van der Waals surface area contributed by atoms with Crippen molar-refractivity contribution in [2.75, 3.05) is 6.54 Å². The lowest BCUT2D eigenvalue weighted by Crippen LogP contribution is -2.39. The largest absolute Gasteiger partial charge is 0.336 e. The number of hydrogen-bond acceptors (Lipinski definition) is 1. The van der Waals surface area contributed by atoms with Crippen LogP contribution >= 0.6 is 0 Å². The third-order valence-corrected chi connectivity index (χ3v) is 1.15. The van der Waals surface area contributed by atoms with Crippen LogP contribution in [0.25, 0.3) is 0 Å². The molecular weight excluding hydrogens is 164 g/mol. The summed E-state index contributed by atoms with van der Waals surface area (Å²) >= 11 is 0. The van der Waals surface area contributed by atoms with Crippen LogP contribution in [-0.2, 0) is 0 Å². The summed E-state index contributed by atoms with van der Waals surface area (Å²) < 4.78 is 0. The second kappa shape index (κ2) is 6.36. The Bertz CT molecular complexity index is 219. The third kappa shape index (κ3) is 8.74. The first kappa shape index (κ1) is 11.8. The lowest BCUT2D eigenvalue weighted by Gasteiger charge is -2.07. The molecule has 13 heavy (non-hydrogen) atoms. The van der Waals surface area contributed by atoms with Crippen molar-refractivity contribution < 1.29 is 7.65 Å². The van der Waals surface area contributed by atoms with Crippen LogP contribution in [-0.4, -0.2) is 18.6 Å². The van der Waals surface area contributed by atoms with Crippen molar-refractivity contribution in [3.8, 4) is 11.8 Å². The molecule has 0 aliphatic carbocycles. The van der Waals surface area contributed by atoms with E-state index >= 15 is 0 Å². The first-order chi connectivity index (χ1) is 6.02. The Balaban J connectivity index is -0.000000720. The summed E-state index contributed by atoms with van der Waals surface area (Å²) in [5, 5.41) is 5.36. The molecule has 3 nitrogen and oxygen atoms in total. The molecule has 0 unspecified atom stereocenters. The highest BCUT2D eigenvalue weighted by atomic mass is 16.2. The molecule has 0 aromatic rings. The van der Waals surface area contributed by atoms with E-state index in [4.69, 9.17) is 0 Å². The van der Waals surface area contributed by atoms with Crippen LogP contribution in [0.4, 0.5) is 4.79 Å². The van der Waals surface area contributed by atoms with Gasteiger partial charge in [-0.25, -0.2) is 4.79 Å². The van der Waals surface area contributed by atoms with Gasteiger partial charge >= 0.3 is 6.03 Å². The Morgan fingerprint density at radius 3 is 2.46 bits per heavy atom. The second-order valence-electron chi connectivity index (χ2n) is 3.46. The fourth-order valence-electron chi connectivity index (χ4n) is 0.693. The Morgan fingerprint density at radius 1 is 1.38 bits per heavy atom. The van der Waals surface area contributed by atoms with E-state index in [1.54, 1.807) is 0 Å². The normalized spacial score (nSPS) is 9.38. The molecule has 0 aliphatic rings. The number of hydrogen-bond donors (Lipinski definition) is 2. The molecular formula is C10H22N2O. The lowest BCUT2D eigenvalue weighted by molar-refractivity contribution is 0.240. The van der Waals surface area contributed by atoms with Crippen LogP contribution in [0, 0.1) is 17.8 Å². The first-order valence-electron chi connectivity index (χ1n) is 4.55. The molecule has 0 heterocycles. The highest BCUT2D eigenvalue weighted by Crippen LogP contribution is 1.84. The Kier molecular flexibility index (Phi) is 5.79. The third-order valence-electron chi connectivity index (χ3n) is 1.15. The van der Waals surface area contributed by atoms with E-state index in [0.717, 1.165) is 0 Å². The van der Waals surface area contributed by atoms with Gasteiger partial charge in [0.15, 0.2) is 0 Å². The highest BCUT2D eigenvalue weighted by Gasteiger charge is 1.98. The minimum atomic E-state index is -0.159. The maximum Gasteiger partial charge on any atom is 0.315 e. The van der Waals surface area contributed by atoms with Crippen LogP contribution in [0.1, 0.15) is 30.5 Å². The molecule has 0 bridgehead atoms. The zero-order valence-electron chi connectivity index (χ0n) is 8.77. The minimum Gasteiger partial charge on any atom is -0.336 e. The van der Waals surface area contributed by atoms with Gasteiger partial charge in [0.05, 0.1) is 6.54 Å². The molecule has 0 aromatic carbocycles. The topological polar surface area (TPSA) is 41.1 Å². The maximum atomic E-state index is 11.0. The SMILES string of the molecule is CC(C)C#CCNC(=O)NC(C)C.[HH].[HH]. The summed E-state index contributed by atoms with van der Waals surface area (Å²) in [5.74, 6) is 6.19. The molecule has 0 saturated carbocycles. The van der Waals surface area contributed by atoms with Gasteiger partial charge in [-0.1, -0.05) is 25.7 Å². The van der Waals surface area contributed by atoms with E-state index < -0.39 is 0 Å². The van der Waals surface area contributed by atoms with E-state index in [1.165, 1.54) is 0 Å². The van der Waals surface area contributed by atoms with Gasteiger partial charge in [-0.3, -0.25) is 0 Å². The molecule has 3 heteroatoms. The van der Waals surface area contributed by atoms with Crippen LogP contribution in [0.2, 0.25) is 0 Å². The molecule has 0 rings (SSSR count). The monoisotopic (exact) mass is 186 g/mol. The number of nitrogens with one attached hydrogen (secondary N) is 2. The predicted molar refractivity (Wildman–Crippen MR) is 58.5 cm³/mol. The number of carbonyl (C=O) groups excluding carboxylic acids is 1. The highest BCUT2D eigenvalue weighted by molar-refractivity contribution is 5.74. The predicted octanol–water partition coefficient (Wildman–Crippen LogP) is 1.85. The van der Waals surface area contributed by atoms with Gasteiger partial charge in [0, 0.05) is 14.8 Å². The van der Waals surface area contributed by atoms with E-state index in [9.17, 15) is 4.79 Å². The molecule has 0 atom stereocenters. The zero-order chi connectivity index (χ0) is 10.3. The first-order valence-corrected chi connectivity index (χ1v) is 4.55. The molecule has 2 N–H and O–H groups in total. The van der Waals surface area contributed by atoms with Crippen molar-refractivity contribution >= 4 is 6.03 Å². The van der Waals surface area contributed by atoms with Crippen molar-refractivity contribution in [1.82, 2.24) is 10.6 Å². The van der Waals surface area contributed by atoms with Crippen LogP contribution in [0.3, 0.4) is 0 Å². The fourth-order valence-corrected chi connectivity index (χ4v) is 0.693. The molecule has 78 valence electrons. The van der Waals surface area contributed by atoms with Crippen molar-refractivity contribution in [2.24, 2.45) is 5.92 Å². The van der Waals surface area contributed by atoms with Crippen LogP contribution < -0.4 is 10.6 Å². The van der Waals surface area contributed by atoms with Gasteiger partial charge in [-0.2, -0.15) is 0 Å². The summed E-state index contributed by atoms with van der Waals surface area (Å²) in [6, 6.07) is 0.00566. The summed E-state index contributed by atoms with van der Waals surface area (Å²) in [5.41, 5.74) is 0. The summed E-state index contributed by atoms with van der Waals surface area (Å²) in [6.07, 6.45) is 0. The van der Waals surface area contributed by atoms with Crippen molar-refractivity contribution in [1.29, 1.82) is 0 Å². The quantitative estimate of drug-likeness (QED) is 0.635. The Labute approximate surface area is 83.3 Å². The molecule has 0 saturated heterocycles. The van der Waals surface area contributed by atoms with Crippen LogP contribution in [0.15, 0.2) is 0 Å². The van der Waals surface area contributed by atoms with Crippen molar-refractivity contribution in [3.63, 3.8) is 0 Å². The number of amides is 2. The maximum absolute atomic E-state index is 11.0. The standard InChI is InChI=1S/C10H18N2O.2H2/c1-8(2)6-5-7-11-10(13)12-9(3)4;;/h8-9H,7H2,1-4H3,(H2,11,12,13);2*1H. The number of urea groups is 1. The van der Waals surface area contributed by atoms with Gasteiger partial charge in [0.2, 0.25) is 0 Å². The summed E-state index contributed by atoms with van der Waals surface area (Å²) in [6.45, 7) is 8.28. The number of rotatable bonds is 2. The van der Waals surface area contributed by atoms with Crippen molar-refractivity contribution in [3.05, 3.63) is 0 Å². The van der Waals surface area contributed by atoms with Gasteiger partial charge in [-0.05, 0) is 13.8 Å². The van der Waals surface area contributed by atoms with Gasteiger partial charge in [-0.15, -0.1) is 0 Å². The smallest absolute Gasteiger partial charge is 0.315 e. The van der Waals surface area contributed by atoms with E-state index in [2.05, 4.69) is 22.5 Å². The number of carbonyl (C=O) groups is 1. The average Bonchev–Trinajstić information content (AvgIpc) is 1.96. The lowest BCUT2D eigenvalue weighted by atomic mass is 10.2. The van der Waals surface area contributed by atoms with E-state index in [0.29, 0.717) is 12.5 Å². The van der Waals surface area contributed by atoms with Crippen LogP contribution in [0.5, 0.6) is 0 Å². The molecule has 0 aliphatic heterocycles. The molecule has 0 aromatic heterocycles.